The van der Waals surface area contributed by atoms with Gasteiger partial charge in [-0.05, 0) is 29.8 Å². The standard InChI is InChI=1S/C18H15ClF3N3O2/c19-12-3-1-9-6-14(24-18(23)27)17(26)25(15(9)7-12)8-11-5-10(16(21)22)2-4-13(11)20/h1-5,7,14,16H,6,8H2,(H3,23,24,27)/t14-/m1/s1. The molecule has 1 atom stereocenters. The summed E-state index contributed by atoms with van der Waals surface area (Å²) in [7, 11) is 0. The zero-order valence-electron chi connectivity index (χ0n) is 13.9. The van der Waals surface area contributed by atoms with Gasteiger partial charge in [0.15, 0.2) is 0 Å². The molecule has 0 radical (unpaired) electrons. The summed E-state index contributed by atoms with van der Waals surface area (Å²) in [6, 6.07) is 5.95. The Labute approximate surface area is 157 Å². The Morgan fingerprint density at radius 1 is 1.30 bits per heavy atom. The lowest BCUT2D eigenvalue weighted by atomic mass is 9.96. The van der Waals surface area contributed by atoms with Crippen molar-refractivity contribution in [3.05, 3.63) is 63.9 Å². The van der Waals surface area contributed by atoms with Crippen LogP contribution in [0.25, 0.3) is 0 Å². The van der Waals surface area contributed by atoms with Crippen LogP contribution in [0.3, 0.4) is 0 Å². The van der Waals surface area contributed by atoms with Crippen LogP contribution in [0.1, 0.15) is 23.1 Å². The van der Waals surface area contributed by atoms with E-state index in [-0.39, 0.29) is 24.1 Å². The number of alkyl halides is 2. The van der Waals surface area contributed by atoms with E-state index in [4.69, 9.17) is 17.3 Å². The minimum atomic E-state index is -2.77. The molecule has 0 saturated carbocycles. The van der Waals surface area contributed by atoms with Gasteiger partial charge in [0.1, 0.15) is 11.9 Å². The second kappa shape index (κ2) is 7.48. The molecule has 0 saturated heterocycles. The van der Waals surface area contributed by atoms with Crippen LogP contribution in [0, 0.1) is 5.82 Å². The molecule has 3 amide bonds. The molecule has 0 spiro atoms. The third-order valence-electron chi connectivity index (χ3n) is 4.29. The largest absolute Gasteiger partial charge is 0.352 e. The Bertz CT molecular complexity index is 907. The molecule has 2 aromatic carbocycles. The van der Waals surface area contributed by atoms with Crippen LogP contribution < -0.4 is 16.0 Å². The van der Waals surface area contributed by atoms with Gasteiger partial charge in [0.25, 0.3) is 6.43 Å². The van der Waals surface area contributed by atoms with Crippen molar-refractivity contribution in [1.29, 1.82) is 0 Å². The monoisotopic (exact) mass is 397 g/mol. The fraction of sp³-hybridized carbons (Fsp3) is 0.222. The predicted octanol–water partition coefficient (Wildman–Crippen LogP) is 3.54. The van der Waals surface area contributed by atoms with Gasteiger partial charge in [-0.3, -0.25) is 4.79 Å². The molecule has 27 heavy (non-hydrogen) atoms. The molecule has 2 aromatic rings. The Kier molecular flexibility index (Phi) is 5.27. The van der Waals surface area contributed by atoms with E-state index in [2.05, 4.69) is 5.32 Å². The Hall–Kier alpha value is -2.74. The summed E-state index contributed by atoms with van der Waals surface area (Å²) >= 11 is 6.01. The zero-order valence-corrected chi connectivity index (χ0v) is 14.6. The lowest BCUT2D eigenvalue weighted by molar-refractivity contribution is -0.120. The number of rotatable bonds is 4. The summed E-state index contributed by atoms with van der Waals surface area (Å²) < 4.78 is 40.1. The number of halogens is 4. The summed E-state index contributed by atoms with van der Waals surface area (Å²) in [5, 5.41) is 2.70. The van der Waals surface area contributed by atoms with E-state index in [9.17, 15) is 22.8 Å². The van der Waals surface area contributed by atoms with E-state index in [1.807, 2.05) is 0 Å². The highest BCUT2D eigenvalue weighted by molar-refractivity contribution is 6.31. The van der Waals surface area contributed by atoms with E-state index < -0.39 is 30.2 Å². The van der Waals surface area contributed by atoms with Crippen LogP contribution in [0.5, 0.6) is 0 Å². The molecule has 0 aromatic heterocycles. The molecule has 1 heterocycles. The van der Waals surface area contributed by atoms with E-state index in [1.165, 1.54) is 11.0 Å². The quantitative estimate of drug-likeness (QED) is 0.828. The maximum absolute atomic E-state index is 14.2. The topological polar surface area (TPSA) is 75.4 Å². The third kappa shape index (κ3) is 4.00. The van der Waals surface area contributed by atoms with Crippen LogP contribution in [-0.2, 0) is 17.8 Å². The van der Waals surface area contributed by atoms with Crippen LogP contribution in [0.15, 0.2) is 36.4 Å². The number of nitrogens with one attached hydrogen (secondary N) is 1. The molecular formula is C18H15ClF3N3O2. The van der Waals surface area contributed by atoms with Gasteiger partial charge in [0.05, 0.1) is 6.54 Å². The number of nitrogens with two attached hydrogens (primary N) is 1. The molecular weight excluding hydrogens is 383 g/mol. The number of hydrogen-bond acceptors (Lipinski definition) is 2. The van der Waals surface area contributed by atoms with Crippen molar-refractivity contribution in [3.63, 3.8) is 0 Å². The number of carbonyl (C=O) groups excluding carboxylic acids is 2. The Balaban J connectivity index is 2.02. The van der Waals surface area contributed by atoms with Gasteiger partial charge in [0.2, 0.25) is 5.91 Å². The number of primary amides is 1. The smallest absolute Gasteiger partial charge is 0.312 e. The molecule has 1 aliphatic rings. The van der Waals surface area contributed by atoms with Crippen molar-refractivity contribution in [2.45, 2.75) is 25.4 Å². The molecule has 0 aliphatic carbocycles. The minimum Gasteiger partial charge on any atom is -0.352 e. The van der Waals surface area contributed by atoms with E-state index in [0.29, 0.717) is 16.3 Å². The minimum absolute atomic E-state index is 0.0770. The maximum Gasteiger partial charge on any atom is 0.312 e. The Morgan fingerprint density at radius 3 is 2.70 bits per heavy atom. The number of carbonyl (C=O) groups is 2. The number of anilines is 1. The SMILES string of the molecule is NC(=O)N[C@@H]1Cc2ccc(Cl)cc2N(Cc2cc(C(F)F)ccc2F)C1=O. The highest BCUT2D eigenvalue weighted by Crippen LogP contribution is 2.33. The van der Waals surface area contributed by atoms with E-state index in [0.717, 1.165) is 18.2 Å². The van der Waals surface area contributed by atoms with Crippen molar-refractivity contribution in [2.24, 2.45) is 5.73 Å². The predicted molar refractivity (Wildman–Crippen MR) is 94.2 cm³/mol. The zero-order chi connectivity index (χ0) is 19.7. The van der Waals surface area contributed by atoms with Gasteiger partial charge < -0.3 is 16.0 Å². The molecule has 1 aliphatic heterocycles. The third-order valence-corrected chi connectivity index (χ3v) is 4.53. The van der Waals surface area contributed by atoms with Crippen LogP contribution in [0.2, 0.25) is 5.02 Å². The fourth-order valence-corrected chi connectivity index (χ4v) is 3.21. The molecule has 0 fully saturated rings. The van der Waals surface area contributed by atoms with Crippen LogP contribution in [0.4, 0.5) is 23.7 Å². The number of amides is 3. The van der Waals surface area contributed by atoms with Crippen molar-refractivity contribution in [2.75, 3.05) is 4.90 Å². The number of hydrogen-bond donors (Lipinski definition) is 2. The van der Waals surface area contributed by atoms with Gasteiger partial charge in [-0.2, -0.15) is 0 Å². The van der Waals surface area contributed by atoms with Crippen molar-refractivity contribution in [3.8, 4) is 0 Å². The summed E-state index contributed by atoms with van der Waals surface area (Å²) in [5.41, 5.74) is 5.80. The highest BCUT2D eigenvalue weighted by atomic mass is 35.5. The summed E-state index contributed by atoms with van der Waals surface area (Å²) in [6.45, 7) is -0.296. The summed E-state index contributed by atoms with van der Waals surface area (Å²) in [5.74, 6) is -1.26. The molecule has 0 unspecified atom stereocenters. The Morgan fingerprint density at radius 2 is 2.04 bits per heavy atom. The molecule has 3 N–H and O–H groups in total. The van der Waals surface area contributed by atoms with Gasteiger partial charge in [-0.25, -0.2) is 18.0 Å². The van der Waals surface area contributed by atoms with Crippen molar-refractivity contribution >= 4 is 29.2 Å². The first-order valence-corrected chi connectivity index (χ1v) is 8.36. The van der Waals surface area contributed by atoms with E-state index >= 15 is 0 Å². The van der Waals surface area contributed by atoms with Crippen LogP contribution >= 0.6 is 11.6 Å². The number of urea groups is 1. The summed E-state index contributed by atoms with van der Waals surface area (Å²) in [6.07, 6.45) is -2.59. The van der Waals surface area contributed by atoms with Crippen molar-refractivity contribution in [1.82, 2.24) is 5.32 Å². The second-order valence-electron chi connectivity index (χ2n) is 6.11. The lowest BCUT2D eigenvalue weighted by Gasteiger charge is -2.34. The average molecular weight is 398 g/mol. The number of fused-ring (bicyclic) bond motifs is 1. The molecule has 0 bridgehead atoms. The first kappa shape index (κ1) is 19.0. The number of nitrogens with zero attached hydrogens (tertiary/aromatic N) is 1. The molecule has 5 nitrogen and oxygen atoms in total. The highest BCUT2D eigenvalue weighted by Gasteiger charge is 2.34. The lowest BCUT2D eigenvalue weighted by Crippen LogP contribution is -2.53. The van der Waals surface area contributed by atoms with Gasteiger partial charge in [-0.15, -0.1) is 0 Å². The second-order valence-corrected chi connectivity index (χ2v) is 6.55. The molecule has 3 rings (SSSR count). The normalized spacial score (nSPS) is 16.4. The molecule has 9 heteroatoms. The number of benzene rings is 2. The summed E-state index contributed by atoms with van der Waals surface area (Å²) in [4.78, 5) is 25.2. The average Bonchev–Trinajstić information content (AvgIpc) is 2.60. The van der Waals surface area contributed by atoms with Gasteiger partial charge in [-0.1, -0.05) is 23.7 Å². The van der Waals surface area contributed by atoms with Gasteiger partial charge >= 0.3 is 6.03 Å². The van der Waals surface area contributed by atoms with Crippen molar-refractivity contribution < 1.29 is 22.8 Å². The first-order valence-electron chi connectivity index (χ1n) is 7.98. The maximum atomic E-state index is 14.2. The van der Waals surface area contributed by atoms with Gasteiger partial charge in [0, 0.05) is 28.3 Å². The fourth-order valence-electron chi connectivity index (χ4n) is 3.04. The van der Waals surface area contributed by atoms with E-state index in [1.54, 1.807) is 12.1 Å². The van der Waals surface area contributed by atoms with Crippen LogP contribution in [-0.4, -0.2) is 18.0 Å². The molecule has 142 valence electrons. The first-order chi connectivity index (χ1) is 12.8.